The fourth-order valence-electron chi connectivity index (χ4n) is 4.21. The molecule has 0 fully saturated rings. The number of nitrogens with zero attached hydrogens (tertiary/aromatic N) is 2. The van der Waals surface area contributed by atoms with Gasteiger partial charge in [0.2, 0.25) is 21.8 Å². The van der Waals surface area contributed by atoms with E-state index in [1.807, 2.05) is 44.2 Å². The molecule has 3 aromatic carbocycles. The van der Waals surface area contributed by atoms with Crippen LogP contribution in [0.5, 0.6) is 0 Å². The first-order valence-corrected chi connectivity index (χ1v) is 15.1. The van der Waals surface area contributed by atoms with Gasteiger partial charge in [0, 0.05) is 29.1 Å². The SMILES string of the molecule is Cc1cc(Cl)ccc1N(CC(=O)N(Cc1ccc(Cl)cc1)[C@H](Cc1ccccc1)C(=O)NC(C)C)S(C)(=O)=O. The van der Waals surface area contributed by atoms with Gasteiger partial charge < -0.3 is 10.2 Å². The number of anilines is 1. The molecule has 1 atom stereocenters. The summed E-state index contributed by atoms with van der Waals surface area (Å²) in [5.41, 5.74) is 2.55. The van der Waals surface area contributed by atoms with Gasteiger partial charge in [0.05, 0.1) is 11.9 Å². The highest BCUT2D eigenvalue weighted by Gasteiger charge is 2.33. The second kappa shape index (κ2) is 13.3. The number of hydrogen-bond acceptors (Lipinski definition) is 4. The van der Waals surface area contributed by atoms with Crippen molar-refractivity contribution in [2.75, 3.05) is 17.1 Å². The molecule has 39 heavy (non-hydrogen) atoms. The summed E-state index contributed by atoms with van der Waals surface area (Å²) in [5.74, 6) is -0.852. The Hall–Kier alpha value is -3.07. The van der Waals surface area contributed by atoms with Crippen molar-refractivity contribution < 1.29 is 18.0 Å². The molecular weight excluding hydrogens is 557 g/mol. The number of carbonyl (C=O) groups is 2. The number of benzene rings is 3. The summed E-state index contributed by atoms with van der Waals surface area (Å²) in [5, 5.41) is 3.91. The summed E-state index contributed by atoms with van der Waals surface area (Å²) in [4.78, 5) is 29.0. The molecule has 0 spiro atoms. The maximum Gasteiger partial charge on any atom is 0.244 e. The molecule has 3 rings (SSSR count). The Morgan fingerprint density at radius 1 is 0.897 bits per heavy atom. The maximum absolute atomic E-state index is 14.0. The fourth-order valence-corrected chi connectivity index (χ4v) is 5.47. The topological polar surface area (TPSA) is 86.8 Å². The van der Waals surface area contributed by atoms with Gasteiger partial charge in [0.25, 0.3) is 0 Å². The third kappa shape index (κ3) is 8.71. The van der Waals surface area contributed by atoms with E-state index in [1.54, 1.807) is 49.4 Å². The normalized spacial score (nSPS) is 12.2. The van der Waals surface area contributed by atoms with Crippen LogP contribution in [0.2, 0.25) is 10.0 Å². The lowest BCUT2D eigenvalue weighted by atomic mass is 10.0. The number of aryl methyl sites for hydroxylation is 1. The molecule has 0 aromatic heterocycles. The van der Waals surface area contributed by atoms with Gasteiger partial charge in [-0.15, -0.1) is 0 Å². The van der Waals surface area contributed by atoms with Gasteiger partial charge in [0.1, 0.15) is 12.6 Å². The van der Waals surface area contributed by atoms with Crippen molar-refractivity contribution in [3.05, 3.63) is 99.5 Å². The second-order valence-corrected chi connectivity index (χ2v) is 12.5. The van der Waals surface area contributed by atoms with Crippen molar-refractivity contribution in [3.63, 3.8) is 0 Å². The van der Waals surface area contributed by atoms with Gasteiger partial charge in [-0.2, -0.15) is 0 Å². The zero-order valence-electron chi connectivity index (χ0n) is 22.4. The zero-order valence-corrected chi connectivity index (χ0v) is 24.7. The van der Waals surface area contributed by atoms with Crippen LogP contribution in [0.25, 0.3) is 0 Å². The Morgan fingerprint density at radius 2 is 1.51 bits per heavy atom. The minimum Gasteiger partial charge on any atom is -0.352 e. The highest BCUT2D eigenvalue weighted by molar-refractivity contribution is 7.92. The molecule has 7 nitrogen and oxygen atoms in total. The van der Waals surface area contributed by atoms with E-state index in [2.05, 4.69) is 5.32 Å². The van der Waals surface area contributed by atoms with Crippen molar-refractivity contribution >= 4 is 50.7 Å². The predicted molar refractivity (Wildman–Crippen MR) is 158 cm³/mol. The molecule has 0 unspecified atom stereocenters. The molecule has 208 valence electrons. The Morgan fingerprint density at radius 3 is 2.08 bits per heavy atom. The first-order chi connectivity index (χ1) is 18.3. The Balaban J connectivity index is 2.07. The highest BCUT2D eigenvalue weighted by atomic mass is 35.5. The summed E-state index contributed by atoms with van der Waals surface area (Å²) < 4.78 is 26.8. The average Bonchev–Trinajstić information content (AvgIpc) is 2.85. The van der Waals surface area contributed by atoms with Crippen LogP contribution in [-0.4, -0.2) is 50.0 Å². The first kappa shape index (κ1) is 30.5. The second-order valence-electron chi connectivity index (χ2n) is 9.72. The maximum atomic E-state index is 14.0. The van der Waals surface area contributed by atoms with Gasteiger partial charge in [-0.25, -0.2) is 8.42 Å². The van der Waals surface area contributed by atoms with Crippen LogP contribution in [-0.2, 0) is 32.6 Å². The van der Waals surface area contributed by atoms with E-state index in [1.165, 1.54) is 4.90 Å². The molecule has 2 amide bonds. The molecule has 0 aliphatic rings. The van der Waals surface area contributed by atoms with Crippen molar-refractivity contribution in [2.24, 2.45) is 0 Å². The Labute approximate surface area is 240 Å². The largest absolute Gasteiger partial charge is 0.352 e. The minimum absolute atomic E-state index is 0.0796. The van der Waals surface area contributed by atoms with Crippen molar-refractivity contribution in [1.29, 1.82) is 0 Å². The lowest BCUT2D eigenvalue weighted by molar-refractivity contribution is -0.140. The number of halogens is 2. The van der Waals surface area contributed by atoms with Gasteiger partial charge in [-0.05, 0) is 67.8 Å². The quantitative estimate of drug-likeness (QED) is 0.331. The molecule has 0 aliphatic heterocycles. The van der Waals surface area contributed by atoms with E-state index in [0.717, 1.165) is 21.7 Å². The van der Waals surface area contributed by atoms with Crippen LogP contribution >= 0.6 is 23.2 Å². The highest BCUT2D eigenvalue weighted by Crippen LogP contribution is 2.26. The van der Waals surface area contributed by atoms with Crippen LogP contribution < -0.4 is 9.62 Å². The molecule has 0 radical (unpaired) electrons. The van der Waals surface area contributed by atoms with E-state index in [4.69, 9.17) is 23.2 Å². The smallest absolute Gasteiger partial charge is 0.244 e. The van der Waals surface area contributed by atoms with E-state index in [-0.39, 0.29) is 24.9 Å². The zero-order chi connectivity index (χ0) is 28.7. The van der Waals surface area contributed by atoms with Crippen LogP contribution in [0.4, 0.5) is 5.69 Å². The molecule has 1 N–H and O–H groups in total. The van der Waals surface area contributed by atoms with Crippen molar-refractivity contribution in [3.8, 4) is 0 Å². The molecule has 0 aliphatic carbocycles. The van der Waals surface area contributed by atoms with Gasteiger partial charge in [-0.1, -0.05) is 65.7 Å². The van der Waals surface area contributed by atoms with E-state index < -0.39 is 28.5 Å². The average molecular weight is 591 g/mol. The third-order valence-electron chi connectivity index (χ3n) is 6.07. The number of nitrogens with one attached hydrogen (secondary N) is 1. The van der Waals surface area contributed by atoms with Crippen LogP contribution in [0.1, 0.15) is 30.5 Å². The lowest BCUT2D eigenvalue weighted by Crippen LogP contribution is -2.54. The number of amides is 2. The molecule has 3 aromatic rings. The number of hydrogen-bond donors (Lipinski definition) is 1. The van der Waals surface area contributed by atoms with Crippen molar-refractivity contribution in [2.45, 2.75) is 45.8 Å². The van der Waals surface area contributed by atoms with Crippen LogP contribution in [0.15, 0.2) is 72.8 Å². The third-order valence-corrected chi connectivity index (χ3v) is 7.69. The minimum atomic E-state index is -3.86. The molecule has 10 heteroatoms. The van der Waals surface area contributed by atoms with Gasteiger partial charge >= 0.3 is 0 Å². The predicted octanol–water partition coefficient (Wildman–Crippen LogP) is 5.23. The Bertz CT molecular complexity index is 1400. The summed E-state index contributed by atoms with van der Waals surface area (Å²) >= 11 is 12.2. The Kier molecular flexibility index (Phi) is 10.4. The standard InChI is InChI=1S/C29H33Cl2N3O4S/c1-20(2)32-29(36)27(17-22-8-6-5-7-9-22)33(18-23-10-12-24(30)13-11-23)28(35)19-34(39(4,37)38)26-15-14-25(31)16-21(26)3/h5-16,20,27H,17-19H2,1-4H3,(H,32,36)/t27-/m1/s1. The van der Waals surface area contributed by atoms with Gasteiger partial charge in [0.15, 0.2) is 0 Å². The monoisotopic (exact) mass is 589 g/mol. The van der Waals surface area contributed by atoms with E-state index in [9.17, 15) is 18.0 Å². The van der Waals surface area contributed by atoms with Crippen molar-refractivity contribution in [1.82, 2.24) is 10.2 Å². The van der Waals surface area contributed by atoms with E-state index >= 15 is 0 Å². The summed E-state index contributed by atoms with van der Waals surface area (Å²) in [6.45, 7) is 5.00. The molecule has 0 saturated heterocycles. The number of sulfonamides is 1. The number of carbonyl (C=O) groups excluding carboxylic acids is 2. The fraction of sp³-hybridized carbons (Fsp3) is 0.310. The van der Waals surface area contributed by atoms with Crippen LogP contribution in [0.3, 0.4) is 0 Å². The summed E-state index contributed by atoms with van der Waals surface area (Å²) in [7, 11) is -3.86. The van der Waals surface area contributed by atoms with Gasteiger partial charge in [-0.3, -0.25) is 13.9 Å². The number of rotatable bonds is 11. The molecule has 0 heterocycles. The molecular formula is C29H33Cl2N3O4S. The summed E-state index contributed by atoms with van der Waals surface area (Å²) in [6.07, 6.45) is 1.29. The first-order valence-electron chi connectivity index (χ1n) is 12.5. The van der Waals surface area contributed by atoms with E-state index in [0.29, 0.717) is 21.3 Å². The molecule has 0 saturated carbocycles. The summed E-state index contributed by atoms with van der Waals surface area (Å²) in [6, 6.07) is 20.1. The molecule has 0 bridgehead atoms. The van der Waals surface area contributed by atoms with Crippen LogP contribution in [0, 0.1) is 6.92 Å². The lowest BCUT2D eigenvalue weighted by Gasteiger charge is -2.34.